The fraction of sp³-hybridized carbons (Fsp3) is 0.882. The molecule has 1 saturated carbocycles. The lowest BCUT2D eigenvalue weighted by Gasteiger charge is -2.30. The quantitative estimate of drug-likeness (QED) is 0.686. The zero-order valence-electron chi connectivity index (χ0n) is 14.3. The predicted octanol–water partition coefficient (Wildman–Crippen LogP) is 1.07. The number of hydrogen-bond acceptors (Lipinski definition) is 4. The number of β-amino-alcohol motifs (C(OH)–C–C–N with tert-alkyl or cyclic N) is 1. The number of likely N-dealkylation sites (tertiary alicyclic amines) is 1. The van der Waals surface area contributed by atoms with Crippen LogP contribution in [0.1, 0.15) is 52.4 Å². The number of nitrogens with one attached hydrogen (secondary N) is 1. The van der Waals surface area contributed by atoms with E-state index in [1.807, 2.05) is 6.92 Å². The van der Waals surface area contributed by atoms with Crippen LogP contribution in [0.15, 0.2) is 0 Å². The summed E-state index contributed by atoms with van der Waals surface area (Å²) in [5.74, 6) is -0.298. The Hall–Kier alpha value is -1.14. The van der Waals surface area contributed by atoms with Gasteiger partial charge in [-0.1, -0.05) is 12.8 Å². The zero-order chi connectivity index (χ0) is 16.9. The highest BCUT2D eigenvalue weighted by Gasteiger charge is 2.39. The van der Waals surface area contributed by atoms with Crippen molar-refractivity contribution in [3.05, 3.63) is 0 Å². The molecule has 1 heterocycles. The number of amides is 2. The fourth-order valence-electron chi connectivity index (χ4n) is 3.88. The van der Waals surface area contributed by atoms with Crippen molar-refractivity contribution in [2.75, 3.05) is 26.3 Å². The third-order valence-electron chi connectivity index (χ3n) is 5.27. The maximum atomic E-state index is 12.5. The van der Waals surface area contributed by atoms with Gasteiger partial charge in [0.05, 0.1) is 6.10 Å². The summed E-state index contributed by atoms with van der Waals surface area (Å²) in [6.45, 7) is 5.77. The topological polar surface area (TPSA) is 78.9 Å². The lowest BCUT2D eigenvalue weighted by Crippen LogP contribution is -2.47. The maximum Gasteiger partial charge on any atom is 0.242 e. The Kier molecular flexibility index (Phi) is 6.41. The van der Waals surface area contributed by atoms with E-state index in [9.17, 15) is 14.7 Å². The molecular weight excluding hydrogens is 296 g/mol. The highest BCUT2D eigenvalue weighted by Crippen LogP contribution is 2.40. The van der Waals surface area contributed by atoms with Gasteiger partial charge in [-0.2, -0.15) is 0 Å². The third-order valence-corrected chi connectivity index (χ3v) is 5.27. The van der Waals surface area contributed by atoms with Gasteiger partial charge in [-0.3, -0.25) is 9.59 Å². The molecule has 2 N–H and O–H groups in total. The van der Waals surface area contributed by atoms with Crippen LogP contribution in [-0.2, 0) is 14.3 Å². The average Bonchev–Trinajstić information content (AvgIpc) is 3.12. The highest BCUT2D eigenvalue weighted by atomic mass is 16.5. The number of ether oxygens (including phenoxy) is 1. The van der Waals surface area contributed by atoms with Crippen LogP contribution in [0.3, 0.4) is 0 Å². The fourth-order valence-corrected chi connectivity index (χ4v) is 3.88. The van der Waals surface area contributed by atoms with Gasteiger partial charge in [-0.15, -0.1) is 0 Å². The Morgan fingerprint density at radius 2 is 2.04 bits per heavy atom. The van der Waals surface area contributed by atoms with Crippen molar-refractivity contribution < 1.29 is 19.4 Å². The van der Waals surface area contributed by atoms with Crippen molar-refractivity contribution in [1.82, 2.24) is 10.2 Å². The molecule has 2 atom stereocenters. The molecule has 1 aliphatic carbocycles. The summed E-state index contributed by atoms with van der Waals surface area (Å²) in [5.41, 5.74) is 0.128. The van der Waals surface area contributed by atoms with Crippen molar-refractivity contribution in [1.29, 1.82) is 0 Å². The Morgan fingerprint density at radius 3 is 2.65 bits per heavy atom. The molecule has 6 nitrogen and oxygen atoms in total. The summed E-state index contributed by atoms with van der Waals surface area (Å²) in [7, 11) is 0. The molecule has 6 heteroatoms. The molecular formula is C17H30N2O4. The first-order valence-electron chi connectivity index (χ1n) is 8.78. The van der Waals surface area contributed by atoms with Crippen LogP contribution >= 0.6 is 0 Å². The van der Waals surface area contributed by atoms with Gasteiger partial charge in [0.1, 0.15) is 6.04 Å². The first-order valence-corrected chi connectivity index (χ1v) is 8.78. The number of carbonyl (C=O) groups is 2. The van der Waals surface area contributed by atoms with E-state index in [0.29, 0.717) is 13.0 Å². The van der Waals surface area contributed by atoms with Crippen molar-refractivity contribution >= 4 is 11.8 Å². The van der Waals surface area contributed by atoms with Gasteiger partial charge in [0, 0.05) is 39.6 Å². The van der Waals surface area contributed by atoms with Gasteiger partial charge in [0.2, 0.25) is 11.8 Å². The number of aliphatic hydroxyl groups excluding tert-OH is 1. The van der Waals surface area contributed by atoms with E-state index in [1.165, 1.54) is 24.7 Å². The van der Waals surface area contributed by atoms with Gasteiger partial charge >= 0.3 is 0 Å². The van der Waals surface area contributed by atoms with Gasteiger partial charge in [0.15, 0.2) is 0 Å². The van der Waals surface area contributed by atoms with Crippen LogP contribution in [0.2, 0.25) is 0 Å². The van der Waals surface area contributed by atoms with Gasteiger partial charge in [-0.25, -0.2) is 0 Å². The number of hydrogen-bond donors (Lipinski definition) is 2. The first kappa shape index (κ1) is 18.2. The van der Waals surface area contributed by atoms with Gasteiger partial charge in [0.25, 0.3) is 0 Å². The summed E-state index contributed by atoms with van der Waals surface area (Å²) in [6, 6.07) is -0.534. The van der Waals surface area contributed by atoms with Gasteiger partial charge in [-0.05, 0) is 31.6 Å². The third kappa shape index (κ3) is 4.67. The Balaban J connectivity index is 1.89. The normalized spacial score (nSPS) is 26.5. The van der Waals surface area contributed by atoms with Crippen molar-refractivity contribution in [3.8, 4) is 0 Å². The number of aliphatic hydroxyl groups is 1. The highest BCUT2D eigenvalue weighted by molar-refractivity contribution is 5.87. The molecule has 0 spiro atoms. The molecule has 2 rings (SSSR count). The minimum Gasteiger partial charge on any atom is -0.391 e. The molecule has 1 saturated heterocycles. The zero-order valence-corrected chi connectivity index (χ0v) is 14.3. The molecule has 2 amide bonds. The molecule has 0 aromatic heterocycles. The van der Waals surface area contributed by atoms with E-state index < -0.39 is 12.1 Å². The lowest BCUT2D eigenvalue weighted by molar-refractivity contribution is -0.137. The second-order valence-corrected chi connectivity index (χ2v) is 6.95. The number of carbonyl (C=O) groups excluding carboxylic acids is 2. The average molecular weight is 326 g/mol. The van der Waals surface area contributed by atoms with Crippen molar-refractivity contribution in [2.45, 2.75) is 64.5 Å². The van der Waals surface area contributed by atoms with E-state index in [0.717, 1.165) is 32.5 Å². The van der Waals surface area contributed by atoms with Crippen LogP contribution < -0.4 is 5.32 Å². The van der Waals surface area contributed by atoms with Crippen LogP contribution in [-0.4, -0.2) is 60.3 Å². The first-order chi connectivity index (χ1) is 11.0. The lowest BCUT2D eigenvalue weighted by atomic mass is 9.83. The molecule has 2 fully saturated rings. The number of nitrogens with zero attached hydrogens (tertiary/aromatic N) is 1. The summed E-state index contributed by atoms with van der Waals surface area (Å²) < 4.78 is 5.49. The van der Waals surface area contributed by atoms with Crippen LogP contribution in [0, 0.1) is 5.41 Å². The van der Waals surface area contributed by atoms with E-state index in [2.05, 4.69) is 5.32 Å². The van der Waals surface area contributed by atoms with E-state index in [1.54, 1.807) is 0 Å². The summed E-state index contributed by atoms with van der Waals surface area (Å²) >= 11 is 0. The molecule has 2 aliphatic rings. The molecule has 0 bridgehead atoms. The summed E-state index contributed by atoms with van der Waals surface area (Å²) in [4.78, 5) is 25.6. The molecule has 0 radical (unpaired) electrons. The van der Waals surface area contributed by atoms with Crippen LogP contribution in [0.4, 0.5) is 0 Å². The van der Waals surface area contributed by atoms with Crippen LogP contribution in [0.25, 0.3) is 0 Å². The smallest absolute Gasteiger partial charge is 0.242 e. The van der Waals surface area contributed by atoms with E-state index in [4.69, 9.17) is 4.74 Å². The second kappa shape index (κ2) is 8.11. The molecule has 132 valence electrons. The minimum atomic E-state index is -0.604. The minimum absolute atomic E-state index is 0.128. The second-order valence-electron chi connectivity index (χ2n) is 6.95. The summed E-state index contributed by atoms with van der Waals surface area (Å²) in [6.07, 6.45) is 5.32. The largest absolute Gasteiger partial charge is 0.391 e. The molecule has 0 aromatic rings. The molecule has 0 aromatic carbocycles. The molecule has 0 unspecified atom stereocenters. The maximum absolute atomic E-state index is 12.5. The molecule has 23 heavy (non-hydrogen) atoms. The number of rotatable bonds is 7. The Morgan fingerprint density at radius 1 is 1.35 bits per heavy atom. The monoisotopic (exact) mass is 326 g/mol. The standard InChI is InChI=1S/C17H30N2O4/c1-3-23-9-8-17(6-4-5-7-17)12-18-16(22)15-10-14(21)11-19(15)13(2)20/h14-15,21H,3-12H2,1-2H3,(H,18,22)/t14-,15+/m0/s1. The van der Waals surface area contributed by atoms with Crippen LogP contribution in [0.5, 0.6) is 0 Å². The van der Waals surface area contributed by atoms with Crippen molar-refractivity contribution in [2.24, 2.45) is 5.41 Å². The van der Waals surface area contributed by atoms with E-state index in [-0.39, 0.29) is 23.8 Å². The SMILES string of the molecule is CCOCCC1(CNC(=O)[C@H]2C[C@H](O)CN2C(C)=O)CCCC1. The molecule has 1 aliphatic heterocycles. The summed E-state index contributed by atoms with van der Waals surface area (Å²) in [5, 5.41) is 12.8. The Bertz CT molecular complexity index is 421. The van der Waals surface area contributed by atoms with Crippen molar-refractivity contribution in [3.63, 3.8) is 0 Å². The van der Waals surface area contributed by atoms with Gasteiger partial charge < -0.3 is 20.1 Å². The Labute approximate surface area is 138 Å². The van der Waals surface area contributed by atoms with E-state index >= 15 is 0 Å². The predicted molar refractivity (Wildman–Crippen MR) is 86.8 cm³/mol.